The Bertz CT molecular complexity index is 444. The first-order chi connectivity index (χ1) is 8.63. The number of hydrogen-bond acceptors (Lipinski definition) is 2. The van der Waals surface area contributed by atoms with Crippen LogP contribution < -0.4 is 5.73 Å². The standard InChI is InChI=1S/C14H18ClFN2.2ClH/c15-12-5-9(1-4-13(12)16)6-18-7-10-2-3-11(8-18)14(10)17;;/h1,4-5,10-11,14H,2-3,6-8,17H2;2*1H/t10-,11+,14?;;. The van der Waals surface area contributed by atoms with E-state index in [0.717, 1.165) is 25.2 Å². The van der Waals surface area contributed by atoms with Crippen molar-refractivity contribution in [1.82, 2.24) is 4.90 Å². The molecule has 2 nitrogen and oxygen atoms in total. The van der Waals surface area contributed by atoms with E-state index in [1.807, 2.05) is 6.07 Å². The smallest absolute Gasteiger partial charge is 0.141 e. The number of fused-ring (bicyclic) bond motifs is 2. The van der Waals surface area contributed by atoms with E-state index in [9.17, 15) is 4.39 Å². The van der Waals surface area contributed by atoms with Gasteiger partial charge in [0.1, 0.15) is 5.82 Å². The Morgan fingerprint density at radius 2 is 1.80 bits per heavy atom. The van der Waals surface area contributed by atoms with E-state index in [0.29, 0.717) is 17.9 Å². The molecule has 0 amide bonds. The number of nitrogens with two attached hydrogens (primary N) is 1. The first kappa shape index (κ1) is 18.0. The lowest BCUT2D eigenvalue weighted by Crippen LogP contribution is -2.48. The van der Waals surface area contributed by atoms with E-state index in [4.69, 9.17) is 17.3 Å². The van der Waals surface area contributed by atoms with Crippen molar-refractivity contribution in [3.63, 3.8) is 0 Å². The van der Waals surface area contributed by atoms with E-state index in [-0.39, 0.29) is 35.7 Å². The van der Waals surface area contributed by atoms with Crippen LogP contribution in [0.1, 0.15) is 18.4 Å². The third-order valence-corrected chi connectivity index (χ3v) is 4.66. The zero-order valence-electron chi connectivity index (χ0n) is 11.1. The number of halogens is 4. The van der Waals surface area contributed by atoms with Gasteiger partial charge in [-0.15, -0.1) is 24.8 Å². The van der Waals surface area contributed by atoms with Gasteiger partial charge in [0.05, 0.1) is 5.02 Å². The van der Waals surface area contributed by atoms with Crippen LogP contribution in [0, 0.1) is 17.7 Å². The molecule has 3 atom stereocenters. The third-order valence-electron chi connectivity index (χ3n) is 4.37. The van der Waals surface area contributed by atoms with Crippen molar-refractivity contribution in [3.8, 4) is 0 Å². The predicted octanol–water partition coefficient (Wildman–Crippen LogP) is 3.49. The summed E-state index contributed by atoms with van der Waals surface area (Å²) in [6, 6.07) is 5.38. The molecule has 3 rings (SSSR count). The molecule has 0 aromatic heterocycles. The monoisotopic (exact) mass is 340 g/mol. The van der Waals surface area contributed by atoms with Crippen LogP contribution in [0.5, 0.6) is 0 Å². The van der Waals surface area contributed by atoms with Crippen LogP contribution in [0.3, 0.4) is 0 Å². The first-order valence-corrected chi connectivity index (χ1v) is 6.93. The molecular formula is C14H20Cl3FN2. The molecule has 1 heterocycles. The molecule has 6 heteroatoms. The second-order valence-corrected chi connectivity index (χ2v) is 6.02. The number of likely N-dealkylation sites (tertiary alicyclic amines) is 1. The molecule has 2 fully saturated rings. The minimum absolute atomic E-state index is 0. The highest BCUT2D eigenvalue weighted by Gasteiger charge is 2.39. The average molecular weight is 342 g/mol. The molecule has 0 radical (unpaired) electrons. The van der Waals surface area contributed by atoms with Gasteiger partial charge in [-0.3, -0.25) is 4.90 Å². The van der Waals surface area contributed by atoms with Gasteiger partial charge < -0.3 is 5.73 Å². The van der Waals surface area contributed by atoms with Gasteiger partial charge in [-0.1, -0.05) is 17.7 Å². The van der Waals surface area contributed by atoms with Crippen molar-refractivity contribution >= 4 is 36.4 Å². The lowest BCUT2D eigenvalue weighted by atomic mass is 9.93. The van der Waals surface area contributed by atoms with Gasteiger partial charge in [0, 0.05) is 25.7 Å². The van der Waals surface area contributed by atoms with E-state index in [1.165, 1.54) is 18.9 Å². The number of rotatable bonds is 2. The fourth-order valence-electron chi connectivity index (χ4n) is 3.39. The van der Waals surface area contributed by atoms with Crippen LogP contribution in [0.2, 0.25) is 5.02 Å². The van der Waals surface area contributed by atoms with Gasteiger partial charge >= 0.3 is 0 Å². The van der Waals surface area contributed by atoms with Crippen molar-refractivity contribution in [3.05, 3.63) is 34.6 Å². The number of benzene rings is 1. The molecule has 1 saturated heterocycles. The summed E-state index contributed by atoms with van der Waals surface area (Å²) in [5.74, 6) is 0.931. The van der Waals surface area contributed by atoms with Crippen molar-refractivity contribution in [1.29, 1.82) is 0 Å². The molecule has 1 saturated carbocycles. The van der Waals surface area contributed by atoms with Crippen LogP contribution in [-0.2, 0) is 6.54 Å². The zero-order chi connectivity index (χ0) is 12.7. The summed E-state index contributed by atoms with van der Waals surface area (Å²) in [6.07, 6.45) is 2.51. The Morgan fingerprint density at radius 1 is 1.20 bits per heavy atom. The largest absolute Gasteiger partial charge is 0.327 e. The minimum Gasteiger partial charge on any atom is -0.327 e. The van der Waals surface area contributed by atoms with Crippen LogP contribution in [0.4, 0.5) is 4.39 Å². The van der Waals surface area contributed by atoms with E-state index < -0.39 is 0 Å². The summed E-state index contributed by atoms with van der Waals surface area (Å²) in [7, 11) is 0. The highest BCUT2D eigenvalue weighted by Crippen LogP contribution is 2.36. The average Bonchev–Trinajstić information content (AvgIpc) is 2.58. The fraction of sp³-hybridized carbons (Fsp3) is 0.571. The summed E-state index contributed by atoms with van der Waals surface area (Å²) in [5, 5.41) is 0.212. The molecule has 1 unspecified atom stereocenters. The highest BCUT2D eigenvalue weighted by molar-refractivity contribution is 6.30. The van der Waals surface area contributed by atoms with Crippen molar-refractivity contribution in [2.24, 2.45) is 17.6 Å². The van der Waals surface area contributed by atoms with Gasteiger partial charge in [-0.05, 0) is 42.4 Å². The Morgan fingerprint density at radius 3 is 2.35 bits per heavy atom. The summed E-state index contributed by atoms with van der Waals surface area (Å²) >= 11 is 5.81. The molecule has 20 heavy (non-hydrogen) atoms. The number of hydrogen-bond donors (Lipinski definition) is 1. The second kappa shape index (κ2) is 7.28. The maximum absolute atomic E-state index is 13.1. The Labute approximate surface area is 136 Å². The molecule has 1 aliphatic carbocycles. The maximum Gasteiger partial charge on any atom is 0.141 e. The minimum atomic E-state index is -0.346. The van der Waals surface area contributed by atoms with Crippen molar-refractivity contribution in [2.45, 2.75) is 25.4 Å². The number of piperidine rings is 1. The van der Waals surface area contributed by atoms with Crippen LogP contribution in [0.25, 0.3) is 0 Å². The van der Waals surface area contributed by atoms with Gasteiger partial charge in [-0.25, -0.2) is 4.39 Å². The lowest BCUT2D eigenvalue weighted by Gasteiger charge is -2.36. The first-order valence-electron chi connectivity index (χ1n) is 6.55. The second-order valence-electron chi connectivity index (χ2n) is 5.62. The van der Waals surface area contributed by atoms with Gasteiger partial charge in [0.2, 0.25) is 0 Å². The summed E-state index contributed by atoms with van der Waals surface area (Å²) in [6.45, 7) is 2.97. The predicted molar refractivity (Wildman–Crippen MR) is 85.4 cm³/mol. The van der Waals surface area contributed by atoms with Gasteiger partial charge in [0.25, 0.3) is 0 Å². The van der Waals surface area contributed by atoms with Crippen LogP contribution in [-0.4, -0.2) is 24.0 Å². The van der Waals surface area contributed by atoms with Gasteiger partial charge in [-0.2, -0.15) is 0 Å². The molecule has 2 N–H and O–H groups in total. The van der Waals surface area contributed by atoms with Crippen molar-refractivity contribution < 1.29 is 4.39 Å². The Balaban J connectivity index is 0.000001000. The summed E-state index contributed by atoms with van der Waals surface area (Å²) in [5.41, 5.74) is 7.27. The van der Waals surface area contributed by atoms with Gasteiger partial charge in [0.15, 0.2) is 0 Å². The highest BCUT2D eigenvalue weighted by atomic mass is 35.5. The summed E-state index contributed by atoms with van der Waals surface area (Å²) < 4.78 is 13.1. The van der Waals surface area contributed by atoms with Crippen molar-refractivity contribution in [2.75, 3.05) is 13.1 Å². The number of nitrogens with zero attached hydrogens (tertiary/aromatic N) is 1. The SMILES string of the molecule is Cl.Cl.NC1[C@@H]2CC[C@H]1CN(Cc1ccc(F)c(Cl)c1)C2. The lowest BCUT2D eigenvalue weighted by molar-refractivity contribution is 0.140. The zero-order valence-corrected chi connectivity index (χ0v) is 13.5. The normalized spacial score (nSPS) is 28.6. The molecule has 2 bridgehead atoms. The van der Waals surface area contributed by atoms with E-state index >= 15 is 0 Å². The maximum atomic E-state index is 13.1. The molecule has 114 valence electrons. The van der Waals surface area contributed by atoms with E-state index in [1.54, 1.807) is 6.07 Å². The van der Waals surface area contributed by atoms with Crippen LogP contribution >= 0.6 is 36.4 Å². The van der Waals surface area contributed by atoms with Crippen LogP contribution in [0.15, 0.2) is 18.2 Å². The third kappa shape index (κ3) is 3.58. The molecule has 2 aliphatic rings. The van der Waals surface area contributed by atoms with E-state index in [2.05, 4.69) is 4.90 Å². The topological polar surface area (TPSA) is 29.3 Å². The molecule has 1 aromatic carbocycles. The molecular weight excluding hydrogens is 322 g/mol. The molecule has 1 aliphatic heterocycles. The summed E-state index contributed by atoms with van der Waals surface area (Å²) in [4.78, 5) is 2.43. The fourth-order valence-corrected chi connectivity index (χ4v) is 3.59. The molecule has 0 spiro atoms. The Hall–Kier alpha value is -0.0600. The Kier molecular flexibility index (Phi) is 6.55. The quantitative estimate of drug-likeness (QED) is 0.892. The molecule has 1 aromatic rings.